The van der Waals surface area contributed by atoms with Gasteiger partial charge in [0.1, 0.15) is 0 Å². The lowest BCUT2D eigenvalue weighted by Gasteiger charge is -2.16. The van der Waals surface area contributed by atoms with Crippen molar-refractivity contribution in [1.29, 1.82) is 0 Å². The lowest BCUT2D eigenvalue weighted by Crippen LogP contribution is -2.28. The molecule has 0 fully saturated rings. The van der Waals surface area contributed by atoms with Gasteiger partial charge < -0.3 is 0 Å². The third-order valence-corrected chi connectivity index (χ3v) is 3.52. The van der Waals surface area contributed by atoms with Crippen LogP contribution in [-0.4, -0.2) is 0 Å². The van der Waals surface area contributed by atoms with Gasteiger partial charge in [-0.3, -0.25) is 11.3 Å². The number of unbranched alkanes of at least 4 members (excludes halogenated alkanes) is 1. The molecule has 2 nitrogen and oxygen atoms in total. The molecule has 1 rings (SSSR count). The van der Waals surface area contributed by atoms with E-state index in [2.05, 4.69) is 53.4 Å². The van der Waals surface area contributed by atoms with E-state index in [0.717, 1.165) is 10.9 Å². The average Bonchev–Trinajstić information content (AvgIpc) is 2.24. The van der Waals surface area contributed by atoms with Crippen molar-refractivity contribution in [2.45, 2.75) is 39.2 Å². The van der Waals surface area contributed by atoms with Crippen molar-refractivity contribution in [3.63, 3.8) is 0 Å². The lowest BCUT2D eigenvalue weighted by atomic mass is 10.0. The number of rotatable bonds is 5. The molecule has 0 aliphatic carbocycles. The molecule has 0 aliphatic heterocycles. The maximum Gasteiger partial charge on any atom is 0.0460 e. The van der Waals surface area contributed by atoms with Gasteiger partial charge in [0.25, 0.3) is 0 Å². The number of hydrogen-bond acceptors (Lipinski definition) is 2. The molecule has 1 unspecified atom stereocenters. The van der Waals surface area contributed by atoms with Crippen LogP contribution in [0.25, 0.3) is 0 Å². The maximum absolute atomic E-state index is 5.57. The fraction of sp³-hybridized carbons (Fsp3) is 0.500. The first kappa shape index (κ1) is 12.7. The standard InChI is InChI=1S/C12H19BrN2/c1-3-4-5-12(15-14)10-6-7-11(13)9(2)8-10/h6-8,12,15H,3-5,14H2,1-2H3. The van der Waals surface area contributed by atoms with Gasteiger partial charge in [-0.05, 0) is 30.5 Å². The zero-order valence-electron chi connectivity index (χ0n) is 9.39. The third kappa shape index (κ3) is 3.59. The SMILES string of the molecule is CCCCC(NN)c1ccc(Br)c(C)c1. The molecular formula is C12H19BrN2. The summed E-state index contributed by atoms with van der Waals surface area (Å²) < 4.78 is 1.15. The molecule has 1 aromatic rings. The highest BCUT2D eigenvalue weighted by molar-refractivity contribution is 9.10. The Morgan fingerprint density at radius 3 is 2.73 bits per heavy atom. The zero-order valence-corrected chi connectivity index (χ0v) is 11.0. The van der Waals surface area contributed by atoms with Gasteiger partial charge in [-0.25, -0.2) is 0 Å². The van der Waals surface area contributed by atoms with E-state index >= 15 is 0 Å². The number of halogens is 1. The van der Waals surface area contributed by atoms with E-state index in [9.17, 15) is 0 Å². The highest BCUT2D eigenvalue weighted by atomic mass is 79.9. The highest BCUT2D eigenvalue weighted by Crippen LogP contribution is 2.23. The van der Waals surface area contributed by atoms with Crippen molar-refractivity contribution in [2.24, 2.45) is 5.84 Å². The second-order valence-corrected chi connectivity index (χ2v) is 4.72. The molecule has 0 aromatic heterocycles. The summed E-state index contributed by atoms with van der Waals surface area (Å²) >= 11 is 3.50. The third-order valence-electron chi connectivity index (χ3n) is 2.63. The van der Waals surface area contributed by atoms with E-state index in [-0.39, 0.29) is 6.04 Å². The van der Waals surface area contributed by atoms with E-state index in [4.69, 9.17) is 5.84 Å². The first-order valence-electron chi connectivity index (χ1n) is 5.41. The molecule has 0 amide bonds. The van der Waals surface area contributed by atoms with E-state index in [0.29, 0.717) is 0 Å². The number of nitrogens with one attached hydrogen (secondary N) is 1. The van der Waals surface area contributed by atoms with Crippen molar-refractivity contribution in [1.82, 2.24) is 5.43 Å². The molecule has 0 spiro atoms. The quantitative estimate of drug-likeness (QED) is 0.636. The van der Waals surface area contributed by atoms with Gasteiger partial charge in [-0.2, -0.15) is 0 Å². The maximum atomic E-state index is 5.57. The molecule has 3 N–H and O–H groups in total. The fourth-order valence-corrected chi connectivity index (χ4v) is 1.89. The summed E-state index contributed by atoms with van der Waals surface area (Å²) in [4.78, 5) is 0. The smallest absolute Gasteiger partial charge is 0.0460 e. The summed E-state index contributed by atoms with van der Waals surface area (Å²) in [6.07, 6.45) is 3.49. The highest BCUT2D eigenvalue weighted by Gasteiger charge is 2.09. The van der Waals surface area contributed by atoms with Gasteiger partial charge in [0.2, 0.25) is 0 Å². The van der Waals surface area contributed by atoms with Gasteiger partial charge in [0, 0.05) is 10.5 Å². The number of hydrazine groups is 1. The van der Waals surface area contributed by atoms with Crippen LogP contribution in [0.3, 0.4) is 0 Å². The van der Waals surface area contributed by atoms with Crippen LogP contribution in [0.15, 0.2) is 22.7 Å². The predicted molar refractivity (Wildman–Crippen MR) is 68.5 cm³/mol. The molecule has 1 aromatic carbocycles. The lowest BCUT2D eigenvalue weighted by molar-refractivity contribution is 0.495. The van der Waals surface area contributed by atoms with E-state index < -0.39 is 0 Å². The van der Waals surface area contributed by atoms with Crippen LogP contribution >= 0.6 is 15.9 Å². The zero-order chi connectivity index (χ0) is 11.3. The Morgan fingerprint density at radius 1 is 1.47 bits per heavy atom. The molecule has 0 heterocycles. The summed E-state index contributed by atoms with van der Waals surface area (Å²) in [6, 6.07) is 6.67. The topological polar surface area (TPSA) is 38.0 Å². The second-order valence-electron chi connectivity index (χ2n) is 3.87. The summed E-state index contributed by atoms with van der Waals surface area (Å²) in [5.74, 6) is 5.57. The molecular weight excluding hydrogens is 252 g/mol. The van der Waals surface area contributed by atoms with Crippen molar-refractivity contribution in [3.8, 4) is 0 Å². The molecule has 3 heteroatoms. The Labute approximate surface area is 100 Å². The van der Waals surface area contributed by atoms with Gasteiger partial charge in [-0.15, -0.1) is 0 Å². The summed E-state index contributed by atoms with van der Waals surface area (Å²) in [6.45, 7) is 4.29. The minimum Gasteiger partial charge on any atom is -0.271 e. The van der Waals surface area contributed by atoms with Crippen molar-refractivity contribution >= 4 is 15.9 Å². The molecule has 0 radical (unpaired) electrons. The molecule has 15 heavy (non-hydrogen) atoms. The largest absolute Gasteiger partial charge is 0.271 e. The van der Waals surface area contributed by atoms with E-state index in [1.807, 2.05) is 0 Å². The molecule has 84 valence electrons. The molecule has 0 bridgehead atoms. The van der Waals surface area contributed by atoms with Crippen molar-refractivity contribution in [3.05, 3.63) is 33.8 Å². The van der Waals surface area contributed by atoms with Crippen LogP contribution in [0.5, 0.6) is 0 Å². The average molecular weight is 271 g/mol. The molecule has 1 atom stereocenters. The van der Waals surface area contributed by atoms with Gasteiger partial charge in [-0.1, -0.05) is 47.8 Å². The van der Waals surface area contributed by atoms with Crippen LogP contribution in [0.1, 0.15) is 43.4 Å². The van der Waals surface area contributed by atoms with E-state index in [1.54, 1.807) is 0 Å². The summed E-state index contributed by atoms with van der Waals surface area (Å²) in [5, 5.41) is 0. The first-order chi connectivity index (χ1) is 7.19. The van der Waals surface area contributed by atoms with E-state index in [1.165, 1.54) is 24.0 Å². The number of aryl methyl sites for hydroxylation is 1. The Morgan fingerprint density at radius 2 is 2.20 bits per heavy atom. The number of nitrogens with two attached hydrogens (primary N) is 1. The van der Waals surface area contributed by atoms with Crippen molar-refractivity contribution in [2.75, 3.05) is 0 Å². The van der Waals surface area contributed by atoms with Gasteiger partial charge in [0.05, 0.1) is 0 Å². The van der Waals surface area contributed by atoms with Crippen LogP contribution < -0.4 is 11.3 Å². The van der Waals surface area contributed by atoms with Crippen LogP contribution in [0.2, 0.25) is 0 Å². The Bertz CT molecular complexity index is 312. The van der Waals surface area contributed by atoms with Crippen LogP contribution in [-0.2, 0) is 0 Å². The Hall–Kier alpha value is -0.380. The summed E-state index contributed by atoms with van der Waals surface area (Å²) in [7, 11) is 0. The number of benzene rings is 1. The summed E-state index contributed by atoms with van der Waals surface area (Å²) in [5.41, 5.74) is 5.41. The normalized spacial score (nSPS) is 12.8. The fourth-order valence-electron chi connectivity index (χ4n) is 1.64. The minimum absolute atomic E-state index is 0.275. The Balaban J connectivity index is 2.78. The van der Waals surface area contributed by atoms with Crippen LogP contribution in [0, 0.1) is 6.92 Å². The monoisotopic (exact) mass is 270 g/mol. The van der Waals surface area contributed by atoms with Crippen molar-refractivity contribution < 1.29 is 0 Å². The predicted octanol–water partition coefficient (Wildman–Crippen LogP) is 3.45. The van der Waals surface area contributed by atoms with Crippen LogP contribution in [0.4, 0.5) is 0 Å². The van der Waals surface area contributed by atoms with Gasteiger partial charge in [0.15, 0.2) is 0 Å². The molecule has 0 saturated carbocycles. The molecule has 0 saturated heterocycles. The second kappa shape index (κ2) is 6.26. The minimum atomic E-state index is 0.275. The van der Waals surface area contributed by atoms with Gasteiger partial charge >= 0.3 is 0 Å². The first-order valence-corrected chi connectivity index (χ1v) is 6.20. The Kier molecular flexibility index (Phi) is 5.29. The molecule has 0 aliphatic rings. The number of hydrogen-bond donors (Lipinski definition) is 2.